The van der Waals surface area contributed by atoms with Gasteiger partial charge < -0.3 is 19.9 Å². The van der Waals surface area contributed by atoms with E-state index in [2.05, 4.69) is 32.9 Å². The maximum Gasteiger partial charge on any atom is 0.267 e. The number of benzene rings is 1. The second-order valence-corrected chi connectivity index (χ2v) is 6.43. The summed E-state index contributed by atoms with van der Waals surface area (Å²) in [6, 6.07) is 11.1. The van der Waals surface area contributed by atoms with Gasteiger partial charge in [-0.05, 0) is 18.2 Å². The van der Waals surface area contributed by atoms with Crippen LogP contribution in [0.3, 0.4) is 0 Å². The molecule has 0 bridgehead atoms. The molecule has 0 radical (unpaired) electrons. The minimum absolute atomic E-state index is 0.109. The largest absolute Gasteiger partial charge is 0.495 e. The van der Waals surface area contributed by atoms with Crippen molar-refractivity contribution in [3.05, 3.63) is 59.4 Å². The lowest BCUT2D eigenvalue weighted by Gasteiger charge is -2.37. The van der Waals surface area contributed by atoms with E-state index in [1.54, 1.807) is 19.3 Å². The molecule has 28 heavy (non-hydrogen) atoms. The predicted octanol–water partition coefficient (Wildman–Crippen LogP) is 0.881. The van der Waals surface area contributed by atoms with E-state index in [-0.39, 0.29) is 18.0 Å². The van der Waals surface area contributed by atoms with Crippen molar-refractivity contribution < 1.29 is 9.53 Å². The van der Waals surface area contributed by atoms with E-state index >= 15 is 0 Å². The molecule has 0 atom stereocenters. The third-order valence-electron chi connectivity index (χ3n) is 4.62. The van der Waals surface area contributed by atoms with Crippen molar-refractivity contribution in [3.63, 3.8) is 0 Å². The number of carbonyl (C=O) groups excluding carboxylic acids is 1. The van der Waals surface area contributed by atoms with E-state index in [4.69, 9.17) is 4.74 Å². The van der Waals surface area contributed by atoms with Crippen molar-refractivity contribution in [2.45, 2.75) is 6.54 Å². The van der Waals surface area contributed by atoms with Crippen LogP contribution in [0, 0.1) is 0 Å². The van der Waals surface area contributed by atoms with Gasteiger partial charge in [0, 0.05) is 38.8 Å². The quantitative estimate of drug-likeness (QED) is 0.715. The third kappa shape index (κ3) is 4.51. The zero-order valence-electron chi connectivity index (χ0n) is 16.0. The molecule has 1 aromatic carbocycles. The number of carbonyl (C=O) groups is 1. The number of amides is 1. The van der Waals surface area contributed by atoms with Gasteiger partial charge >= 0.3 is 0 Å². The lowest BCUT2D eigenvalue weighted by molar-refractivity contribution is -0.121. The Balaban J connectivity index is 1.67. The van der Waals surface area contributed by atoms with Crippen LogP contribution in [0.4, 0.5) is 11.5 Å². The SMILES string of the molecule is C=CCNC(=O)Cn1nc(N2CCN(c3ccccc3OC)CC2)ccc1=O. The number of hydrogen-bond donors (Lipinski definition) is 1. The van der Waals surface area contributed by atoms with Gasteiger partial charge in [0.05, 0.1) is 12.8 Å². The summed E-state index contributed by atoms with van der Waals surface area (Å²) < 4.78 is 6.65. The van der Waals surface area contributed by atoms with Crippen molar-refractivity contribution in [1.82, 2.24) is 15.1 Å². The molecule has 8 nitrogen and oxygen atoms in total. The zero-order chi connectivity index (χ0) is 19.9. The topological polar surface area (TPSA) is 79.7 Å². The zero-order valence-corrected chi connectivity index (χ0v) is 16.0. The summed E-state index contributed by atoms with van der Waals surface area (Å²) in [6.07, 6.45) is 1.59. The molecule has 8 heteroatoms. The van der Waals surface area contributed by atoms with E-state index in [1.807, 2.05) is 18.2 Å². The molecular weight excluding hydrogens is 358 g/mol. The molecular formula is C20H25N5O3. The molecule has 1 amide bonds. The Bertz CT molecular complexity index is 887. The van der Waals surface area contributed by atoms with Crippen LogP contribution in [0.25, 0.3) is 0 Å². The van der Waals surface area contributed by atoms with Crippen LogP contribution >= 0.6 is 0 Å². The fraction of sp³-hybridized carbons (Fsp3) is 0.350. The number of methoxy groups -OCH3 is 1. The lowest BCUT2D eigenvalue weighted by Crippen LogP contribution is -2.47. The van der Waals surface area contributed by atoms with Crippen LogP contribution in [0.1, 0.15) is 0 Å². The van der Waals surface area contributed by atoms with E-state index in [0.29, 0.717) is 12.4 Å². The van der Waals surface area contributed by atoms with Gasteiger partial charge in [0.15, 0.2) is 0 Å². The molecule has 1 aromatic heterocycles. The molecule has 0 saturated carbocycles. The molecule has 1 aliphatic heterocycles. The predicted molar refractivity (Wildman–Crippen MR) is 109 cm³/mol. The number of para-hydroxylation sites is 2. The van der Waals surface area contributed by atoms with Crippen LogP contribution in [-0.4, -0.2) is 55.5 Å². The van der Waals surface area contributed by atoms with Crippen LogP contribution in [0.15, 0.2) is 53.8 Å². The Morgan fingerprint density at radius 2 is 1.89 bits per heavy atom. The Morgan fingerprint density at radius 3 is 2.61 bits per heavy atom. The van der Waals surface area contributed by atoms with Crippen molar-refractivity contribution in [2.24, 2.45) is 0 Å². The van der Waals surface area contributed by atoms with Gasteiger partial charge in [-0.1, -0.05) is 18.2 Å². The molecule has 1 fully saturated rings. The highest BCUT2D eigenvalue weighted by Gasteiger charge is 2.21. The first-order chi connectivity index (χ1) is 13.6. The fourth-order valence-electron chi connectivity index (χ4n) is 3.17. The van der Waals surface area contributed by atoms with Gasteiger partial charge in [0.25, 0.3) is 5.56 Å². The van der Waals surface area contributed by atoms with Crippen molar-refractivity contribution in [1.29, 1.82) is 0 Å². The summed E-state index contributed by atoms with van der Waals surface area (Å²) in [5.41, 5.74) is 0.770. The Labute approximate surface area is 164 Å². The summed E-state index contributed by atoms with van der Waals surface area (Å²) in [6.45, 7) is 6.93. The molecule has 148 valence electrons. The van der Waals surface area contributed by atoms with Gasteiger partial charge in [-0.15, -0.1) is 6.58 Å². The first kappa shape index (κ1) is 19.5. The number of piperazine rings is 1. The molecule has 1 saturated heterocycles. The summed E-state index contributed by atoms with van der Waals surface area (Å²) in [5.74, 6) is 1.27. The van der Waals surface area contributed by atoms with E-state index in [1.165, 1.54) is 10.7 Å². The lowest BCUT2D eigenvalue weighted by atomic mass is 10.2. The summed E-state index contributed by atoms with van der Waals surface area (Å²) >= 11 is 0. The summed E-state index contributed by atoms with van der Waals surface area (Å²) in [7, 11) is 1.67. The third-order valence-corrected chi connectivity index (χ3v) is 4.62. The van der Waals surface area contributed by atoms with Gasteiger partial charge in [-0.25, -0.2) is 4.68 Å². The Kier molecular flexibility index (Phi) is 6.31. The minimum atomic E-state index is -0.301. The van der Waals surface area contributed by atoms with Crippen LogP contribution < -0.4 is 25.4 Å². The average Bonchev–Trinajstić information content (AvgIpc) is 2.74. The van der Waals surface area contributed by atoms with Gasteiger partial charge in [-0.3, -0.25) is 9.59 Å². The van der Waals surface area contributed by atoms with Gasteiger partial charge in [0.2, 0.25) is 5.91 Å². The highest BCUT2D eigenvalue weighted by molar-refractivity contribution is 5.75. The summed E-state index contributed by atoms with van der Waals surface area (Å²) in [4.78, 5) is 28.3. The highest BCUT2D eigenvalue weighted by atomic mass is 16.5. The first-order valence-electron chi connectivity index (χ1n) is 9.21. The summed E-state index contributed by atoms with van der Waals surface area (Å²) in [5, 5.41) is 7.03. The molecule has 3 rings (SSSR count). The number of aromatic nitrogens is 2. The van der Waals surface area contributed by atoms with E-state index in [9.17, 15) is 9.59 Å². The number of hydrogen-bond acceptors (Lipinski definition) is 6. The standard InChI is InChI=1S/C20H25N5O3/c1-3-10-21-19(26)15-25-20(27)9-8-18(22-25)24-13-11-23(12-14-24)16-6-4-5-7-17(16)28-2/h3-9H,1,10-15H2,2H3,(H,21,26). The van der Waals surface area contributed by atoms with Gasteiger partial charge in [-0.2, -0.15) is 5.10 Å². The van der Waals surface area contributed by atoms with Crippen molar-refractivity contribution in [2.75, 3.05) is 49.6 Å². The molecule has 2 heterocycles. The molecule has 0 spiro atoms. The number of nitrogens with one attached hydrogen (secondary N) is 1. The minimum Gasteiger partial charge on any atom is -0.495 e. The second kappa shape index (κ2) is 9.07. The van der Waals surface area contributed by atoms with Crippen LogP contribution in [-0.2, 0) is 11.3 Å². The van der Waals surface area contributed by atoms with Crippen LogP contribution in [0.2, 0.25) is 0 Å². The number of nitrogens with zero attached hydrogens (tertiary/aromatic N) is 4. The fourth-order valence-corrected chi connectivity index (χ4v) is 3.17. The number of anilines is 2. The first-order valence-corrected chi connectivity index (χ1v) is 9.21. The Morgan fingerprint density at radius 1 is 1.18 bits per heavy atom. The highest BCUT2D eigenvalue weighted by Crippen LogP contribution is 2.28. The monoisotopic (exact) mass is 383 g/mol. The van der Waals surface area contributed by atoms with E-state index < -0.39 is 0 Å². The normalized spacial score (nSPS) is 13.9. The van der Waals surface area contributed by atoms with Crippen molar-refractivity contribution in [3.8, 4) is 5.75 Å². The molecule has 1 aliphatic rings. The molecule has 1 N–H and O–H groups in total. The average molecular weight is 383 g/mol. The number of ether oxygens (including phenoxy) is 1. The second-order valence-electron chi connectivity index (χ2n) is 6.43. The smallest absolute Gasteiger partial charge is 0.267 e. The van der Waals surface area contributed by atoms with Crippen molar-refractivity contribution >= 4 is 17.4 Å². The molecule has 2 aromatic rings. The molecule has 0 aliphatic carbocycles. The van der Waals surface area contributed by atoms with Crippen LogP contribution in [0.5, 0.6) is 5.75 Å². The maximum atomic E-state index is 12.0. The number of rotatable bonds is 7. The maximum absolute atomic E-state index is 12.0. The van der Waals surface area contributed by atoms with Gasteiger partial charge in [0.1, 0.15) is 18.1 Å². The Hall–Kier alpha value is -3.29. The van der Waals surface area contributed by atoms with E-state index in [0.717, 1.165) is 37.6 Å². The molecule has 0 unspecified atom stereocenters.